The van der Waals surface area contributed by atoms with Crippen molar-refractivity contribution in [2.75, 3.05) is 18.4 Å². The molecular weight excluding hydrogens is 440 g/mol. The SMILES string of the molecule is CC[C@H](C)[C@H](N=C1NS(=O)(=O)c2ccccc21)C(=O)Nc1cccc(C(=O)N(CC)CC)c1. The van der Waals surface area contributed by atoms with Crippen LogP contribution in [0.1, 0.15) is 50.0 Å². The predicted molar refractivity (Wildman–Crippen MR) is 129 cm³/mol. The third-order valence-electron chi connectivity index (χ3n) is 5.81. The Morgan fingerprint density at radius 1 is 1.06 bits per heavy atom. The second-order valence-corrected chi connectivity index (χ2v) is 9.61. The lowest BCUT2D eigenvalue weighted by molar-refractivity contribution is -0.118. The molecule has 1 aliphatic rings. The number of anilines is 1. The first-order valence-corrected chi connectivity index (χ1v) is 12.6. The number of fused-ring (bicyclic) bond motifs is 1. The molecule has 176 valence electrons. The fourth-order valence-corrected chi connectivity index (χ4v) is 4.92. The predicted octanol–water partition coefficient (Wildman–Crippen LogP) is 3.26. The summed E-state index contributed by atoms with van der Waals surface area (Å²) in [6.45, 7) is 8.86. The molecule has 1 heterocycles. The molecule has 2 atom stereocenters. The number of amidine groups is 1. The number of sulfonamides is 1. The number of aliphatic imine (C=N–C) groups is 1. The van der Waals surface area contributed by atoms with Gasteiger partial charge >= 0.3 is 0 Å². The number of nitrogens with zero attached hydrogens (tertiary/aromatic N) is 2. The zero-order chi connectivity index (χ0) is 24.2. The standard InChI is InChI=1S/C24H30N4O4S/c1-5-16(4)21(26-22-19-13-8-9-14-20(19)33(31,32)27-22)23(29)25-18-12-10-11-17(15-18)24(30)28(6-2)7-3/h8-16,21H,5-7H2,1-4H3,(H,25,29)(H,26,27)/t16-,21-/m0/s1. The number of rotatable bonds is 8. The molecule has 2 amide bonds. The number of hydrogen-bond acceptors (Lipinski definition) is 5. The molecule has 2 aromatic carbocycles. The quantitative estimate of drug-likeness (QED) is 0.617. The highest BCUT2D eigenvalue weighted by Gasteiger charge is 2.33. The smallest absolute Gasteiger partial charge is 0.263 e. The largest absolute Gasteiger partial charge is 0.339 e. The van der Waals surface area contributed by atoms with Gasteiger partial charge in [-0.25, -0.2) is 8.42 Å². The summed E-state index contributed by atoms with van der Waals surface area (Å²) in [5, 5.41) is 2.85. The summed E-state index contributed by atoms with van der Waals surface area (Å²) in [4.78, 5) is 32.3. The number of carbonyl (C=O) groups is 2. The van der Waals surface area contributed by atoms with Gasteiger partial charge in [-0.3, -0.25) is 19.3 Å². The van der Waals surface area contributed by atoms with Crippen LogP contribution in [0, 0.1) is 5.92 Å². The Balaban J connectivity index is 1.89. The monoisotopic (exact) mass is 470 g/mol. The molecule has 1 aliphatic heterocycles. The summed E-state index contributed by atoms with van der Waals surface area (Å²) < 4.78 is 27.3. The Hall–Kier alpha value is -3.20. The molecule has 3 rings (SSSR count). The molecule has 0 aromatic heterocycles. The van der Waals surface area contributed by atoms with Gasteiger partial charge in [0.1, 0.15) is 11.9 Å². The second-order valence-electron chi connectivity index (χ2n) is 7.96. The molecule has 33 heavy (non-hydrogen) atoms. The summed E-state index contributed by atoms with van der Waals surface area (Å²) in [7, 11) is -3.70. The van der Waals surface area contributed by atoms with Gasteiger partial charge in [0.05, 0.1) is 4.90 Å². The zero-order valence-corrected chi connectivity index (χ0v) is 20.1. The van der Waals surface area contributed by atoms with Gasteiger partial charge in [0.2, 0.25) is 5.91 Å². The summed E-state index contributed by atoms with van der Waals surface area (Å²) in [5.41, 5.74) is 1.42. The van der Waals surface area contributed by atoms with Gasteiger partial charge < -0.3 is 10.2 Å². The minimum absolute atomic E-state index is 0.105. The molecule has 9 heteroatoms. The maximum absolute atomic E-state index is 13.2. The fraction of sp³-hybridized carbons (Fsp3) is 0.375. The van der Waals surface area contributed by atoms with E-state index in [2.05, 4.69) is 15.0 Å². The summed E-state index contributed by atoms with van der Waals surface area (Å²) in [6, 6.07) is 12.5. The first-order valence-electron chi connectivity index (χ1n) is 11.1. The van der Waals surface area contributed by atoms with E-state index in [-0.39, 0.29) is 28.5 Å². The molecule has 0 radical (unpaired) electrons. The van der Waals surface area contributed by atoms with E-state index in [1.807, 2.05) is 27.7 Å². The van der Waals surface area contributed by atoms with Crippen molar-refractivity contribution in [2.45, 2.75) is 45.1 Å². The van der Waals surface area contributed by atoms with Gasteiger partial charge in [0.25, 0.3) is 15.9 Å². The van der Waals surface area contributed by atoms with Gasteiger partial charge in [0.15, 0.2) is 0 Å². The minimum atomic E-state index is -3.70. The number of nitrogens with one attached hydrogen (secondary N) is 2. The summed E-state index contributed by atoms with van der Waals surface area (Å²) in [6.07, 6.45) is 0.670. The Morgan fingerprint density at radius 3 is 2.42 bits per heavy atom. The molecule has 8 nitrogen and oxygen atoms in total. The van der Waals surface area contributed by atoms with E-state index in [1.165, 1.54) is 6.07 Å². The molecular formula is C24H30N4O4S. The third kappa shape index (κ3) is 5.24. The van der Waals surface area contributed by atoms with Crippen LogP contribution in [0.3, 0.4) is 0 Å². The zero-order valence-electron chi connectivity index (χ0n) is 19.3. The summed E-state index contributed by atoms with van der Waals surface area (Å²) >= 11 is 0. The second kappa shape index (κ2) is 10.2. The van der Waals surface area contributed by atoms with Crippen molar-refractivity contribution in [1.82, 2.24) is 9.62 Å². The highest BCUT2D eigenvalue weighted by atomic mass is 32.2. The molecule has 0 saturated carbocycles. The Morgan fingerprint density at radius 2 is 1.76 bits per heavy atom. The van der Waals surface area contributed by atoms with Crippen molar-refractivity contribution >= 4 is 33.4 Å². The highest BCUT2D eigenvalue weighted by molar-refractivity contribution is 7.90. The average molecular weight is 471 g/mol. The van der Waals surface area contributed by atoms with Crippen LogP contribution < -0.4 is 10.0 Å². The lowest BCUT2D eigenvalue weighted by Crippen LogP contribution is -2.35. The molecule has 0 saturated heterocycles. The lowest BCUT2D eigenvalue weighted by Gasteiger charge is -2.21. The Kier molecular flexibility index (Phi) is 7.53. The van der Waals surface area contributed by atoms with Crippen LogP contribution in [0.5, 0.6) is 0 Å². The third-order valence-corrected chi connectivity index (χ3v) is 7.21. The van der Waals surface area contributed by atoms with E-state index in [4.69, 9.17) is 0 Å². The Labute approximate surface area is 195 Å². The maximum atomic E-state index is 13.2. The van der Waals surface area contributed by atoms with Gasteiger partial charge in [-0.05, 0) is 50.1 Å². The van der Waals surface area contributed by atoms with E-state index in [1.54, 1.807) is 47.4 Å². The number of amides is 2. The van der Waals surface area contributed by atoms with Crippen molar-refractivity contribution in [3.05, 3.63) is 59.7 Å². The number of benzene rings is 2. The average Bonchev–Trinajstić information content (AvgIpc) is 3.07. The molecule has 0 spiro atoms. The van der Waals surface area contributed by atoms with E-state index < -0.39 is 16.1 Å². The molecule has 2 aromatic rings. The van der Waals surface area contributed by atoms with E-state index in [9.17, 15) is 18.0 Å². The lowest BCUT2D eigenvalue weighted by atomic mass is 9.98. The van der Waals surface area contributed by atoms with Crippen LogP contribution in [-0.4, -0.2) is 50.1 Å². The maximum Gasteiger partial charge on any atom is 0.263 e. The van der Waals surface area contributed by atoms with Crippen molar-refractivity contribution in [1.29, 1.82) is 0 Å². The van der Waals surface area contributed by atoms with E-state index in [0.717, 1.165) is 0 Å². The highest BCUT2D eigenvalue weighted by Crippen LogP contribution is 2.24. The first kappa shape index (κ1) is 24.4. The normalized spacial score (nSPS) is 17.0. The van der Waals surface area contributed by atoms with Gasteiger partial charge in [-0.2, -0.15) is 0 Å². The minimum Gasteiger partial charge on any atom is -0.339 e. The molecule has 0 fully saturated rings. The van der Waals surface area contributed by atoms with Crippen molar-refractivity contribution < 1.29 is 18.0 Å². The van der Waals surface area contributed by atoms with Crippen LogP contribution in [-0.2, 0) is 14.8 Å². The van der Waals surface area contributed by atoms with Gasteiger partial charge in [0, 0.05) is 29.9 Å². The van der Waals surface area contributed by atoms with Crippen LogP contribution >= 0.6 is 0 Å². The number of hydrogen-bond donors (Lipinski definition) is 2. The van der Waals surface area contributed by atoms with Crippen molar-refractivity contribution in [3.63, 3.8) is 0 Å². The van der Waals surface area contributed by atoms with Crippen LogP contribution in [0.4, 0.5) is 5.69 Å². The van der Waals surface area contributed by atoms with Gasteiger partial charge in [-0.15, -0.1) is 0 Å². The van der Waals surface area contributed by atoms with Crippen molar-refractivity contribution in [3.8, 4) is 0 Å². The topological polar surface area (TPSA) is 108 Å². The van der Waals surface area contributed by atoms with E-state index in [0.29, 0.717) is 36.3 Å². The molecule has 0 bridgehead atoms. The number of carbonyl (C=O) groups excluding carboxylic acids is 2. The Bertz CT molecular complexity index is 1170. The first-order chi connectivity index (χ1) is 15.7. The van der Waals surface area contributed by atoms with Crippen LogP contribution in [0.15, 0.2) is 58.4 Å². The molecule has 0 unspecified atom stereocenters. The van der Waals surface area contributed by atoms with E-state index >= 15 is 0 Å². The van der Waals surface area contributed by atoms with Gasteiger partial charge in [-0.1, -0.05) is 38.5 Å². The fourth-order valence-electron chi connectivity index (χ4n) is 3.68. The van der Waals surface area contributed by atoms with Crippen molar-refractivity contribution in [2.24, 2.45) is 10.9 Å². The molecule has 0 aliphatic carbocycles. The summed E-state index contributed by atoms with van der Waals surface area (Å²) in [5.74, 6) is -0.452. The molecule has 2 N–H and O–H groups in total. The van der Waals surface area contributed by atoms with Crippen LogP contribution in [0.2, 0.25) is 0 Å². The van der Waals surface area contributed by atoms with Crippen LogP contribution in [0.25, 0.3) is 0 Å².